The Balaban J connectivity index is 2.02. The summed E-state index contributed by atoms with van der Waals surface area (Å²) in [6.45, 7) is 10.1. The van der Waals surface area contributed by atoms with Crippen molar-refractivity contribution in [3.05, 3.63) is 47.9 Å². The number of aromatic nitrogens is 2. The molecule has 0 spiro atoms. The fourth-order valence-corrected chi connectivity index (χ4v) is 2.24. The molecular weight excluding hydrogens is 294 g/mol. The average Bonchev–Trinajstić information content (AvgIpc) is 2.95. The van der Waals surface area contributed by atoms with Gasteiger partial charge in [-0.05, 0) is 32.9 Å². The summed E-state index contributed by atoms with van der Waals surface area (Å²) in [5.74, 6) is -0.850. The molecule has 23 heavy (non-hydrogen) atoms. The van der Waals surface area contributed by atoms with Crippen LogP contribution in [-0.2, 0) is 9.53 Å². The van der Waals surface area contributed by atoms with E-state index in [2.05, 4.69) is 11.6 Å². The van der Waals surface area contributed by atoms with Crippen LogP contribution in [0.15, 0.2) is 36.5 Å². The molecule has 0 radical (unpaired) electrons. The van der Waals surface area contributed by atoms with Crippen molar-refractivity contribution in [3.8, 4) is 0 Å². The van der Waals surface area contributed by atoms with Crippen molar-refractivity contribution in [2.75, 3.05) is 19.7 Å². The van der Waals surface area contributed by atoms with Gasteiger partial charge in [0, 0.05) is 25.0 Å². The summed E-state index contributed by atoms with van der Waals surface area (Å²) < 4.78 is 6.89. The topological polar surface area (TPSA) is 63.9 Å². The smallest absolute Gasteiger partial charge is 0.359 e. The fourth-order valence-electron chi connectivity index (χ4n) is 2.24. The van der Waals surface area contributed by atoms with E-state index in [4.69, 9.17) is 4.74 Å². The second kappa shape index (κ2) is 7.09. The van der Waals surface area contributed by atoms with E-state index in [1.165, 1.54) is 0 Å². The Morgan fingerprint density at radius 3 is 2.74 bits per heavy atom. The van der Waals surface area contributed by atoms with Gasteiger partial charge in [0.2, 0.25) is 0 Å². The fraction of sp³-hybridized carbons (Fsp3) is 0.353. The van der Waals surface area contributed by atoms with Crippen LogP contribution in [0.5, 0.6) is 0 Å². The zero-order valence-corrected chi connectivity index (χ0v) is 13.7. The van der Waals surface area contributed by atoms with Gasteiger partial charge >= 0.3 is 5.97 Å². The molecular formula is C17H21N3O3. The molecule has 0 atom stereocenters. The maximum Gasteiger partial charge on any atom is 0.359 e. The molecule has 2 aromatic heterocycles. The maximum atomic E-state index is 12.1. The van der Waals surface area contributed by atoms with Gasteiger partial charge in [0.05, 0.1) is 0 Å². The Kier molecular flexibility index (Phi) is 5.16. The number of amides is 1. The highest BCUT2D eigenvalue weighted by atomic mass is 16.5. The first-order chi connectivity index (χ1) is 10.9. The third-order valence-electron chi connectivity index (χ3n) is 3.43. The number of hydrogen-bond acceptors (Lipinski definition) is 4. The summed E-state index contributed by atoms with van der Waals surface area (Å²) >= 11 is 0. The molecule has 0 aliphatic carbocycles. The third-order valence-corrected chi connectivity index (χ3v) is 3.43. The first-order valence-corrected chi connectivity index (χ1v) is 7.46. The van der Waals surface area contributed by atoms with Crippen LogP contribution in [0, 0.1) is 6.92 Å². The van der Waals surface area contributed by atoms with Crippen LogP contribution < -0.4 is 0 Å². The van der Waals surface area contributed by atoms with Crippen LogP contribution in [0.2, 0.25) is 0 Å². The molecule has 0 saturated heterocycles. The van der Waals surface area contributed by atoms with Crippen LogP contribution in [0.3, 0.4) is 0 Å². The maximum absolute atomic E-state index is 12.1. The largest absolute Gasteiger partial charge is 0.451 e. The third kappa shape index (κ3) is 3.97. The van der Waals surface area contributed by atoms with Crippen LogP contribution in [0.25, 0.3) is 5.65 Å². The molecule has 0 saturated carbocycles. The number of pyridine rings is 1. The number of imidazole rings is 1. The number of nitrogens with zero attached hydrogens (tertiary/aromatic N) is 3. The van der Waals surface area contributed by atoms with Gasteiger partial charge in [-0.3, -0.25) is 4.79 Å². The summed E-state index contributed by atoms with van der Waals surface area (Å²) in [4.78, 5) is 29.9. The molecule has 6 nitrogen and oxygen atoms in total. The van der Waals surface area contributed by atoms with Crippen LogP contribution >= 0.6 is 0 Å². The highest BCUT2D eigenvalue weighted by Gasteiger charge is 2.17. The normalized spacial score (nSPS) is 10.6. The Bertz CT molecular complexity index is 749. The SMILES string of the molecule is C=C(C)CN(CC)C(=O)COC(=O)c1cn2c(C)cccc2n1. The second-order valence-electron chi connectivity index (χ2n) is 5.46. The van der Waals surface area contributed by atoms with E-state index in [1.807, 2.05) is 32.9 Å². The Morgan fingerprint density at radius 2 is 2.13 bits per heavy atom. The Labute approximate surface area is 135 Å². The van der Waals surface area contributed by atoms with E-state index in [0.717, 1.165) is 11.3 Å². The molecule has 0 unspecified atom stereocenters. The number of fused-ring (bicyclic) bond motifs is 1. The van der Waals surface area contributed by atoms with Gasteiger partial charge in [-0.15, -0.1) is 0 Å². The van der Waals surface area contributed by atoms with Gasteiger partial charge in [-0.25, -0.2) is 9.78 Å². The van der Waals surface area contributed by atoms with E-state index < -0.39 is 5.97 Å². The number of likely N-dealkylation sites (N-methyl/N-ethyl adjacent to an activating group) is 1. The Morgan fingerprint density at radius 1 is 1.39 bits per heavy atom. The predicted molar refractivity (Wildman–Crippen MR) is 87.3 cm³/mol. The molecule has 1 amide bonds. The summed E-state index contributed by atoms with van der Waals surface area (Å²) in [6.07, 6.45) is 1.61. The molecule has 0 aromatic carbocycles. The molecule has 122 valence electrons. The molecule has 2 aromatic rings. The monoisotopic (exact) mass is 315 g/mol. The van der Waals surface area contributed by atoms with Crippen molar-refractivity contribution in [3.63, 3.8) is 0 Å². The summed E-state index contributed by atoms with van der Waals surface area (Å²) in [7, 11) is 0. The number of ether oxygens (including phenoxy) is 1. The molecule has 2 rings (SSSR count). The van der Waals surface area contributed by atoms with Crippen molar-refractivity contribution in [2.45, 2.75) is 20.8 Å². The zero-order chi connectivity index (χ0) is 17.0. The minimum Gasteiger partial charge on any atom is -0.451 e. The van der Waals surface area contributed by atoms with E-state index in [9.17, 15) is 9.59 Å². The number of esters is 1. The minimum absolute atomic E-state index is 0.190. The van der Waals surface area contributed by atoms with Gasteiger partial charge in [0.15, 0.2) is 12.3 Å². The van der Waals surface area contributed by atoms with Gasteiger partial charge in [0.25, 0.3) is 5.91 Å². The lowest BCUT2D eigenvalue weighted by molar-refractivity contribution is -0.133. The lowest BCUT2D eigenvalue weighted by Crippen LogP contribution is -2.35. The van der Waals surface area contributed by atoms with Crippen molar-refractivity contribution in [1.29, 1.82) is 0 Å². The predicted octanol–water partition coefficient (Wildman–Crippen LogP) is 2.22. The number of carbonyl (C=O) groups excluding carboxylic acids is 2. The molecule has 0 aliphatic heterocycles. The van der Waals surface area contributed by atoms with Crippen LogP contribution in [0.4, 0.5) is 0 Å². The minimum atomic E-state index is -0.604. The van der Waals surface area contributed by atoms with Crippen LogP contribution in [0.1, 0.15) is 30.0 Å². The van der Waals surface area contributed by atoms with Gasteiger partial charge in [-0.1, -0.05) is 18.2 Å². The Hall–Kier alpha value is -2.63. The summed E-state index contributed by atoms with van der Waals surface area (Å²) in [5.41, 5.74) is 2.70. The molecule has 6 heteroatoms. The molecule has 0 fully saturated rings. The zero-order valence-electron chi connectivity index (χ0n) is 13.7. The van der Waals surface area contributed by atoms with Gasteiger partial charge in [0.1, 0.15) is 5.65 Å². The lowest BCUT2D eigenvalue weighted by Gasteiger charge is -2.20. The van der Waals surface area contributed by atoms with E-state index in [0.29, 0.717) is 18.7 Å². The number of rotatable bonds is 6. The quantitative estimate of drug-likeness (QED) is 0.606. The highest BCUT2D eigenvalue weighted by molar-refractivity contribution is 5.90. The lowest BCUT2D eigenvalue weighted by atomic mass is 10.3. The number of carbonyl (C=O) groups is 2. The second-order valence-corrected chi connectivity index (χ2v) is 5.46. The van der Waals surface area contributed by atoms with Crippen molar-refractivity contribution >= 4 is 17.5 Å². The number of hydrogen-bond donors (Lipinski definition) is 0. The van der Waals surface area contributed by atoms with Gasteiger partial charge in [-0.2, -0.15) is 0 Å². The number of aryl methyl sites for hydroxylation is 1. The first kappa shape index (κ1) is 16.7. The molecule has 0 bridgehead atoms. The van der Waals surface area contributed by atoms with Crippen molar-refractivity contribution < 1.29 is 14.3 Å². The standard InChI is InChI=1S/C17H21N3O3/c1-5-19(9-12(2)3)16(21)11-23-17(22)14-10-20-13(4)7-6-8-15(20)18-14/h6-8,10H,2,5,9,11H2,1,3-4H3. The highest BCUT2D eigenvalue weighted by Crippen LogP contribution is 2.09. The first-order valence-electron chi connectivity index (χ1n) is 7.46. The molecule has 0 N–H and O–H groups in total. The molecule has 0 aliphatic rings. The van der Waals surface area contributed by atoms with Crippen molar-refractivity contribution in [1.82, 2.24) is 14.3 Å². The summed E-state index contributed by atoms with van der Waals surface area (Å²) in [6, 6.07) is 5.59. The van der Waals surface area contributed by atoms with E-state index in [-0.39, 0.29) is 18.2 Å². The van der Waals surface area contributed by atoms with Crippen LogP contribution in [-0.4, -0.2) is 45.9 Å². The van der Waals surface area contributed by atoms with E-state index >= 15 is 0 Å². The van der Waals surface area contributed by atoms with Crippen molar-refractivity contribution in [2.24, 2.45) is 0 Å². The average molecular weight is 315 g/mol. The van der Waals surface area contributed by atoms with E-state index in [1.54, 1.807) is 21.6 Å². The summed E-state index contributed by atoms with van der Waals surface area (Å²) in [5, 5.41) is 0. The molecule has 2 heterocycles. The van der Waals surface area contributed by atoms with Gasteiger partial charge < -0.3 is 14.0 Å².